The van der Waals surface area contributed by atoms with Gasteiger partial charge in [0.2, 0.25) is 5.70 Å². The highest BCUT2D eigenvalue weighted by molar-refractivity contribution is 5.67. The minimum Gasteiger partial charge on any atom is -0.603 e. The lowest BCUT2D eigenvalue weighted by Crippen LogP contribution is -3.09. The molecule has 0 bridgehead atoms. The minimum absolute atomic E-state index is 0.300. The van der Waals surface area contributed by atoms with Crippen LogP contribution < -0.4 is 15.9 Å². The predicted octanol–water partition coefficient (Wildman–Crippen LogP) is 0.975. The first kappa shape index (κ1) is 17.9. The number of hydrogen-bond acceptors (Lipinski definition) is 6. The Morgan fingerprint density at radius 1 is 1.35 bits per heavy atom. The van der Waals surface area contributed by atoms with Gasteiger partial charge in [-0.1, -0.05) is 12.1 Å². The zero-order chi connectivity index (χ0) is 18.5. The van der Waals surface area contributed by atoms with E-state index in [2.05, 4.69) is 32.6 Å². The number of rotatable bonds is 6. The van der Waals surface area contributed by atoms with Crippen LogP contribution in [-0.2, 0) is 6.54 Å². The lowest BCUT2D eigenvalue weighted by Gasteiger charge is -2.27. The number of nitrogens with zero attached hydrogens (tertiary/aromatic N) is 3. The summed E-state index contributed by atoms with van der Waals surface area (Å²) in [6, 6.07) is 11.8. The molecule has 1 aromatic carbocycles. The van der Waals surface area contributed by atoms with Crippen molar-refractivity contribution >= 4 is 17.6 Å². The van der Waals surface area contributed by atoms with Crippen LogP contribution in [-0.4, -0.2) is 24.0 Å². The fourth-order valence-corrected chi connectivity index (χ4v) is 2.69. The number of quaternary nitrogens is 2. The molecular weight excluding hydrogens is 330 g/mol. The smallest absolute Gasteiger partial charge is 0.201 e. The summed E-state index contributed by atoms with van der Waals surface area (Å²) in [6.07, 6.45) is 5.01. The lowest BCUT2D eigenvalue weighted by molar-refractivity contribution is -0.778. The highest BCUT2D eigenvalue weighted by Gasteiger charge is 2.22. The van der Waals surface area contributed by atoms with Crippen molar-refractivity contribution < 1.29 is 10.5 Å². The van der Waals surface area contributed by atoms with Gasteiger partial charge in [-0.2, -0.15) is 0 Å². The Kier molecular flexibility index (Phi) is 5.49. The summed E-state index contributed by atoms with van der Waals surface area (Å²) in [5.41, 5.74) is 13.8. The average Bonchev–Trinajstić information content (AvgIpc) is 2.63. The van der Waals surface area contributed by atoms with Crippen LogP contribution in [0.25, 0.3) is 6.08 Å². The third-order valence-corrected chi connectivity index (χ3v) is 3.92. The van der Waals surface area contributed by atoms with Crippen LogP contribution in [0.1, 0.15) is 11.1 Å². The first-order valence-electron chi connectivity index (χ1n) is 8.21. The van der Waals surface area contributed by atoms with Crippen molar-refractivity contribution in [2.45, 2.75) is 6.54 Å². The molecule has 0 saturated carbocycles. The number of aromatic nitrogens is 1. The van der Waals surface area contributed by atoms with E-state index in [1.54, 1.807) is 24.5 Å². The van der Waals surface area contributed by atoms with Crippen LogP contribution in [0.2, 0.25) is 0 Å². The van der Waals surface area contributed by atoms with E-state index in [9.17, 15) is 5.21 Å². The molecule has 1 atom stereocenters. The van der Waals surface area contributed by atoms with Gasteiger partial charge in [-0.05, 0) is 43.9 Å². The third kappa shape index (κ3) is 4.19. The van der Waals surface area contributed by atoms with E-state index in [-0.39, 0.29) is 5.17 Å². The van der Waals surface area contributed by atoms with E-state index in [1.165, 1.54) is 5.56 Å². The van der Waals surface area contributed by atoms with Gasteiger partial charge < -0.3 is 10.1 Å². The summed E-state index contributed by atoms with van der Waals surface area (Å²) >= 11 is 0. The molecule has 134 valence electrons. The molecule has 8 nitrogen and oxygen atoms in total. The summed E-state index contributed by atoms with van der Waals surface area (Å²) < 4.78 is 0. The number of fused-ring (bicyclic) bond motifs is 1. The summed E-state index contributed by atoms with van der Waals surface area (Å²) in [5, 5.41) is 17.4. The van der Waals surface area contributed by atoms with Gasteiger partial charge >= 0.3 is 0 Å². The van der Waals surface area contributed by atoms with Crippen molar-refractivity contribution in [2.24, 2.45) is 5.11 Å². The van der Waals surface area contributed by atoms with Gasteiger partial charge in [0.25, 0.3) is 0 Å². The maximum Gasteiger partial charge on any atom is 0.201 e. The number of benzene rings is 1. The highest BCUT2D eigenvalue weighted by atomic mass is 16.5. The number of pyridine rings is 1. The fraction of sp³-hybridized carbons (Fsp3) is 0.167. The van der Waals surface area contributed by atoms with Crippen molar-refractivity contribution in [1.82, 2.24) is 9.88 Å². The summed E-state index contributed by atoms with van der Waals surface area (Å²) in [5.74, 6) is 0.519. The topological polar surface area (TPSA) is 108 Å². The van der Waals surface area contributed by atoms with Gasteiger partial charge in [-0.3, -0.25) is 5.32 Å². The lowest BCUT2D eigenvalue weighted by atomic mass is 10.1. The quantitative estimate of drug-likeness (QED) is 0.353. The van der Waals surface area contributed by atoms with E-state index >= 15 is 0 Å². The zero-order valence-corrected chi connectivity index (χ0v) is 14.7. The monoisotopic (exact) mass is 352 g/mol. The Morgan fingerprint density at radius 2 is 2.12 bits per heavy atom. The van der Waals surface area contributed by atoms with Gasteiger partial charge in [-0.15, -0.1) is 5.11 Å². The second-order valence-corrected chi connectivity index (χ2v) is 6.26. The molecule has 26 heavy (non-hydrogen) atoms. The Bertz CT molecular complexity index is 843. The number of anilines is 1. The van der Waals surface area contributed by atoms with E-state index in [0.29, 0.717) is 17.2 Å². The first-order chi connectivity index (χ1) is 12.6. The SMILES string of the molecule is CN(C)Cc1ccc([NH2+]C=C(N=N)C2=Cc3cccnc3N[NH+]2[O-])cc1. The molecule has 2 aromatic rings. The van der Waals surface area contributed by atoms with Crippen molar-refractivity contribution in [3.05, 3.63) is 76.5 Å². The summed E-state index contributed by atoms with van der Waals surface area (Å²) in [4.78, 5) is 6.23. The summed E-state index contributed by atoms with van der Waals surface area (Å²) in [6.45, 7) is 0.879. The van der Waals surface area contributed by atoms with Crippen molar-refractivity contribution in [3.8, 4) is 0 Å². The van der Waals surface area contributed by atoms with Crippen LogP contribution in [0.5, 0.6) is 0 Å². The Balaban J connectivity index is 1.78. The van der Waals surface area contributed by atoms with Gasteiger partial charge in [0.1, 0.15) is 11.9 Å². The molecule has 1 unspecified atom stereocenters. The van der Waals surface area contributed by atoms with E-state index in [4.69, 9.17) is 5.53 Å². The number of nitrogens with one attached hydrogen (secondary N) is 3. The average molecular weight is 352 g/mol. The second-order valence-electron chi connectivity index (χ2n) is 6.26. The first-order valence-corrected chi connectivity index (χ1v) is 8.21. The normalized spacial score (nSPS) is 16.7. The number of hydroxylamine groups is 1. The molecule has 5 N–H and O–H groups in total. The van der Waals surface area contributed by atoms with Crippen molar-refractivity contribution in [2.75, 3.05) is 19.5 Å². The molecule has 1 aliphatic rings. The van der Waals surface area contributed by atoms with Crippen LogP contribution in [0, 0.1) is 10.7 Å². The highest BCUT2D eigenvalue weighted by Crippen LogP contribution is 2.19. The maximum atomic E-state index is 12.3. The molecule has 0 saturated heterocycles. The molecule has 2 heterocycles. The van der Waals surface area contributed by atoms with Gasteiger partial charge in [0.05, 0.1) is 0 Å². The predicted molar refractivity (Wildman–Crippen MR) is 98.8 cm³/mol. The Morgan fingerprint density at radius 3 is 2.81 bits per heavy atom. The molecule has 8 heteroatoms. The fourth-order valence-electron chi connectivity index (χ4n) is 2.69. The molecule has 0 amide bonds. The van der Waals surface area contributed by atoms with Crippen LogP contribution in [0.4, 0.5) is 11.5 Å². The third-order valence-electron chi connectivity index (χ3n) is 3.92. The molecule has 1 aromatic heterocycles. The Hall–Kier alpha value is -2.91. The van der Waals surface area contributed by atoms with Crippen molar-refractivity contribution in [3.63, 3.8) is 0 Å². The van der Waals surface area contributed by atoms with Crippen LogP contribution in [0.3, 0.4) is 0 Å². The van der Waals surface area contributed by atoms with Gasteiger partial charge in [0, 0.05) is 24.4 Å². The minimum atomic E-state index is -0.312. The maximum absolute atomic E-state index is 12.3. The summed E-state index contributed by atoms with van der Waals surface area (Å²) in [7, 11) is 4.06. The van der Waals surface area contributed by atoms with E-state index in [0.717, 1.165) is 17.8 Å². The molecule has 0 aliphatic carbocycles. The van der Waals surface area contributed by atoms with E-state index < -0.39 is 0 Å². The Labute approximate surface area is 151 Å². The molecule has 0 fully saturated rings. The van der Waals surface area contributed by atoms with Crippen molar-refractivity contribution in [1.29, 1.82) is 5.53 Å². The van der Waals surface area contributed by atoms with E-state index in [1.807, 2.05) is 37.6 Å². The molecule has 1 aliphatic heterocycles. The number of nitrogens with two attached hydrogens (primary N) is 1. The standard InChI is InChI=1S/C18H21N7O/c1-24(2)12-13-5-7-15(8-6-13)21-11-16(22-19)17-10-14-4-3-9-20-18(14)23-25(17)26/h3-11,19,21,25H,12H2,1-2H3,(H,20,23)/p+1. The van der Waals surface area contributed by atoms with Gasteiger partial charge in [-0.25, -0.2) is 21.1 Å². The number of hydrogen-bond donors (Lipinski definition) is 4. The molecule has 0 spiro atoms. The largest absolute Gasteiger partial charge is 0.603 e. The molecular formula is C18H22N7O+. The zero-order valence-electron chi connectivity index (χ0n) is 14.7. The van der Waals surface area contributed by atoms with Gasteiger partial charge in [0.15, 0.2) is 11.5 Å². The second kappa shape index (κ2) is 7.98. The molecule has 0 radical (unpaired) electrons. The van der Waals surface area contributed by atoms with Crippen LogP contribution >= 0.6 is 0 Å². The van der Waals surface area contributed by atoms with Crippen LogP contribution in [0.15, 0.2) is 65.3 Å². The molecule has 3 rings (SSSR count).